The monoisotopic (exact) mass is 302 g/mol. The molecule has 0 saturated heterocycles. The van der Waals surface area contributed by atoms with Crippen LogP contribution in [0.15, 0.2) is 42.5 Å². The van der Waals surface area contributed by atoms with Crippen LogP contribution in [0.2, 0.25) is 0 Å². The van der Waals surface area contributed by atoms with Crippen LogP contribution < -0.4 is 10.6 Å². The molecule has 0 radical (unpaired) electrons. The van der Waals surface area contributed by atoms with Crippen molar-refractivity contribution in [2.45, 2.75) is 20.0 Å². The van der Waals surface area contributed by atoms with Crippen LogP contribution in [-0.4, -0.2) is 17.7 Å². The molecule has 4 nitrogen and oxygen atoms in total. The first-order chi connectivity index (χ1) is 10.5. The molecule has 0 saturated carbocycles. The zero-order valence-electron chi connectivity index (χ0n) is 12.6. The maximum absolute atomic E-state index is 13.5. The van der Waals surface area contributed by atoms with Gasteiger partial charge in [-0.3, -0.25) is 0 Å². The minimum atomic E-state index is -1.09. The summed E-state index contributed by atoms with van der Waals surface area (Å²) in [6.07, 6.45) is -1.09. The van der Waals surface area contributed by atoms with Crippen LogP contribution in [0.4, 0.5) is 14.9 Å². The van der Waals surface area contributed by atoms with Gasteiger partial charge >= 0.3 is 6.03 Å². The number of anilines is 1. The number of aliphatic hydroxyl groups is 1. The van der Waals surface area contributed by atoms with E-state index in [1.165, 1.54) is 12.1 Å². The molecule has 2 amide bonds. The van der Waals surface area contributed by atoms with Crippen LogP contribution in [0.1, 0.15) is 22.8 Å². The van der Waals surface area contributed by atoms with Crippen LogP contribution in [0, 0.1) is 19.7 Å². The van der Waals surface area contributed by atoms with Gasteiger partial charge in [0.1, 0.15) is 5.82 Å². The first-order valence-corrected chi connectivity index (χ1v) is 7.02. The van der Waals surface area contributed by atoms with E-state index in [0.717, 1.165) is 11.1 Å². The molecule has 0 aromatic heterocycles. The van der Waals surface area contributed by atoms with Gasteiger partial charge in [-0.05, 0) is 31.5 Å². The summed E-state index contributed by atoms with van der Waals surface area (Å²) in [5.41, 5.74) is 2.92. The van der Waals surface area contributed by atoms with E-state index in [9.17, 15) is 14.3 Å². The molecule has 0 aliphatic heterocycles. The highest BCUT2D eigenvalue weighted by Crippen LogP contribution is 2.17. The molecule has 0 fully saturated rings. The molecule has 0 bridgehead atoms. The topological polar surface area (TPSA) is 61.4 Å². The number of hydrogen-bond donors (Lipinski definition) is 3. The van der Waals surface area contributed by atoms with E-state index < -0.39 is 18.0 Å². The van der Waals surface area contributed by atoms with Gasteiger partial charge < -0.3 is 15.7 Å². The Balaban J connectivity index is 1.91. The largest absolute Gasteiger partial charge is 0.386 e. The maximum Gasteiger partial charge on any atom is 0.319 e. The van der Waals surface area contributed by atoms with Crippen LogP contribution in [0.3, 0.4) is 0 Å². The number of aryl methyl sites for hydroxylation is 2. The highest BCUT2D eigenvalue weighted by atomic mass is 19.1. The lowest BCUT2D eigenvalue weighted by atomic mass is 10.1. The molecule has 0 spiro atoms. The number of carbonyl (C=O) groups excluding carboxylic acids is 1. The Morgan fingerprint density at radius 1 is 1.23 bits per heavy atom. The number of aliphatic hydroxyl groups excluding tert-OH is 1. The Bertz CT molecular complexity index is 673. The fourth-order valence-electron chi connectivity index (χ4n) is 2.17. The number of rotatable bonds is 4. The number of hydrogen-bond acceptors (Lipinski definition) is 2. The first kappa shape index (κ1) is 16.0. The Morgan fingerprint density at radius 3 is 2.64 bits per heavy atom. The number of urea groups is 1. The van der Waals surface area contributed by atoms with E-state index in [4.69, 9.17) is 0 Å². The van der Waals surface area contributed by atoms with Gasteiger partial charge in [0.25, 0.3) is 0 Å². The molecule has 5 heteroatoms. The second kappa shape index (κ2) is 7.04. The lowest BCUT2D eigenvalue weighted by Crippen LogP contribution is -2.32. The van der Waals surface area contributed by atoms with Crippen LogP contribution in [-0.2, 0) is 0 Å². The quantitative estimate of drug-likeness (QED) is 0.811. The zero-order valence-corrected chi connectivity index (χ0v) is 12.6. The lowest BCUT2D eigenvalue weighted by Gasteiger charge is -2.14. The van der Waals surface area contributed by atoms with E-state index in [2.05, 4.69) is 10.6 Å². The lowest BCUT2D eigenvalue weighted by molar-refractivity contribution is 0.170. The molecule has 1 atom stereocenters. The van der Waals surface area contributed by atoms with Crippen molar-refractivity contribution in [2.24, 2.45) is 0 Å². The summed E-state index contributed by atoms with van der Waals surface area (Å²) in [6.45, 7) is 3.80. The molecule has 3 N–H and O–H groups in total. The standard InChI is InChI=1S/C17H19FN2O2/c1-11-7-8-15(12(2)9-11)20-17(22)19-10-16(21)13-5-3-4-6-14(13)18/h3-9,16,21H,10H2,1-2H3,(H2,19,20,22). The Morgan fingerprint density at radius 2 is 1.95 bits per heavy atom. The van der Waals surface area contributed by atoms with Crippen molar-refractivity contribution < 1.29 is 14.3 Å². The number of benzene rings is 2. The molecule has 0 aliphatic rings. The average molecular weight is 302 g/mol. The van der Waals surface area contributed by atoms with Gasteiger partial charge in [-0.15, -0.1) is 0 Å². The Hall–Kier alpha value is -2.40. The summed E-state index contributed by atoms with van der Waals surface area (Å²) in [4.78, 5) is 11.8. The molecule has 2 aromatic rings. The van der Waals surface area contributed by atoms with Crippen molar-refractivity contribution in [1.82, 2.24) is 5.32 Å². The zero-order chi connectivity index (χ0) is 16.1. The summed E-state index contributed by atoms with van der Waals surface area (Å²) in [6, 6.07) is 11.2. The van der Waals surface area contributed by atoms with E-state index >= 15 is 0 Å². The fraction of sp³-hybridized carbons (Fsp3) is 0.235. The van der Waals surface area contributed by atoms with Gasteiger partial charge in [-0.25, -0.2) is 9.18 Å². The number of halogens is 1. The number of amides is 2. The highest BCUT2D eigenvalue weighted by Gasteiger charge is 2.13. The van der Waals surface area contributed by atoms with Crippen molar-refractivity contribution in [1.29, 1.82) is 0 Å². The van der Waals surface area contributed by atoms with Crippen molar-refractivity contribution >= 4 is 11.7 Å². The van der Waals surface area contributed by atoms with Crippen LogP contribution in [0.5, 0.6) is 0 Å². The SMILES string of the molecule is Cc1ccc(NC(=O)NCC(O)c2ccccc2F)c(C)c1. The first-order valence-electron chi connectivity index (χ1n) is 7.02. The van der Waals surface area contributed by atoms with E-state index in [-0.39, 0.29) is 12.1 Å². The highest BCUT2D eigenvalue weighted by molar-refractivity contribution is 5.90. The molecule has 116 valence electrons. The smallest absolute Gasteiger partial charge is 0.319 e. The van der Waals surface area contributed by atoms with Gasteiger partial charge in [-0.1, -0.05) is 35.9 Å². The molecule has 2 rings (SSSR count). The summed E-state index contributed by atoms with van der Waals surface area (Å²) < 4.78 is 13.5. The predicted octanol–water partition coefficient (Wildman–Crippen LogP) is 3.30. The summed E-state index contributed by atoms with van der Waals surface area (Å²) >= 11 is 0. The minimum Gasteiger partial charge on any atom is -0.386 e. The second-order valence-electron chi connectivity index (χ2n) is 5.19. The second-order valence-corrected chi connectivity index (χ2v) is 5.19. The number of nitrogens with one attached hydrogen (secondary N) is 2. The third kappa shape index (κ3) is 4.05. The molecule has 1 unspecified atom stereocenters. The van der Waals surface area contributed by atoms with Crippen molar-refractivity contribution in [2.75, 3.05) is 11.9 Å². The molecule has 0 aliphatic carbocycles. The van der Waals surface area contributed by atoms with Crippen molar-refractivity contribution in [3.8, 4) is 0 Å². The molecular formula is C17H19FN2O2. The third-order valence-corrected chi connectivity index (χ3v) is 3.35. The predicted molar refractivity (Wildman–Crippen MR) is 84.3 cm³/mol. The van der Waals surface area contributed by atoms with Crippen molar-refractivity contribution in [3.63, 3.8) is 0 Å². The maximum atomic E-state index is 13.5. The summed E-state index contributed by atoms with van der Waals surface area (Å²) in [5.74, 6) is -0.494. The van der Waals surface area contributed by atoms with Gasteiger partial charge in [0.2, 0.25) is 0 Å². The fourth-order valence-corrected chi connectivity index (χ4v) is 2.17. The molecule has 2 aromatic carbocycles. The van der Waals surface area contributed by atoms with Gasteiger partial charge in [0.05, 0.1) is 6.10 Å². The van der Waals surface area contributed by atoms with Gasteiger partial charge in [0.15, 0.2) is 0 Å². The Labute approximate surface area is 129 Å². The van der Waals surface area contributed by atoms with Crippen LogP contribution in [0.25, 0.3) is 0 Å². The van der Waals surface area contributed by atoms with Gasteiger partial charge in [-0.2, -0.15) is 0 Å². The number of carbonyl (C=O) groups is 1. The molecule has 22 heavy (non-hydrogen) atoms. The normalized spacial score (nSPS) is 11.8. The van der Waals surface area contributed by atoms with Crippen LogP contribution >= 0.6 is 0 Å². The minimum absolute atomic E-state index is 0.0718. The molecular weight excluding hydrogens is 283 g/mol. The summed E-state index contributed by atoms with van der Waals surface area (Å²) in [7, 11) is 0. The Kier molecular flexibility index (Phi) is 5.12. The molecule has 0 heterocycles. The van der Waals surface area contributed by atoms with Crippen molar-refractivity contribution in [3.05, 3.63) is 65.0 Å². The average Bonchev–Trinajstić information content (AvgIpc) is 2.48. The third-order valence-electron chi connectivity index (χ3n) is 3.35. The summed E-state index contributed by atoms with van der Waals surface area (Å²) in [5, 5.41) is 15.2. The van der Waals surface area contributed by atoms with E-state index in [0.29, 0.717) is 5.69 Å². The van der Waals surface area contributed by atoms with E-state index in [1.807, 2.05) is 32.0 Å². The van der Waals surface area contributed by atoms with E-state index in [1.54, 1.807) is 12.1 Å². The van der Waals surface area contributed by atoms with Gasteiger partial charge in [0, 0.05) is 17.8 Å².